The van der Waals surface area contributed by atoms with Gasteiger partial charge < -0.3 is 10.8 Å². The van der Waals surface area contributed by atoms with Gasteiger partial charge >= 0.3 is 5.97 Å². The number of benzene rings is 1. The van der Waals surface area contributed by atoms with Crippen molar-refractivity contribution in [3.05, 3.63) is 35.9 Å². The third-order valence-electron chi connectivity index (χ3n) is 2.38. The number of nitrogens with two attached hydrogens (primary N) is 1. The van der Waals surface area contributed by atoms with Crippen LogP contribution in [0.1, 0.15) is 24.2 Å². The number of carbonyl (C=O) groups is 1. The highest BCUT2D eigenvalue weighted by molar-refractivity contribution is 7.99. The van der Waals surface area contributed by atoms with Crippen molar-refractivity contribution in [2.75, 3.05) is 5.75 Å². The summed E-state index contributed by atoms with van der Waals surface area (Å²) in [7, 11) is 0. The molecule has 1 aromatic carbocycles. The average molecular weight is 239 g/mol. The van der Waals surface area contributed by atoms with E-state index in [0.717, 1.165) is 5.75 Å². The Labute approximate surface area is 100 Å². The number of rotatable bonds is 6. The molecule has 2 unspecified atom stereocenters. The predicted molar refractivity (Wildman–Crippen MR) is 67.5 cm³/mol. The van der Waals surface area contributed by atoms with Crippen LogP contribution in [0.3, 0.4) is 0 Å². The first-order valence-electron chi connectivity index (χ1n) is 5.26. The minimum Gasteiger partial charge on any atom is -0.480 e. The molecule has 0 aliphatic rings. The maximum Gasteiger partial charge on any atom is 0.320 e. The molecular formula is C12H17NO2S. The first-order valence-corrected chi connectivity index (χ1v) is 6.31. The molecule has 16 heavy (non-hydrogen) atoms. The summed E-state index contributed by atoms with van der Waals surface area (Å²) in [6.45, 7) is 2.12. The lowest BCUT2D eigenvalue weighted by Crippen LogP contribution is -2.30. The third kappa shape index (κ3) is 4.24. The number of hydrogen-bond acceptors (Lipinski definition) is 3. The fourth-order valence-corrected chi connectivity index (χ4v) is 2.41. The van der Waals surface area contributed by atoms with Crippen LogP contribution < -0.4 is 5.73 Å². The van der Waals surface area contributed by atoms with Crippen LogP contribution in [-0.2, 0) is 4.79 Å². The molecule has 1 rings (SSSR count). The highest BCUT2D eigenvalue weighted by atomic mass is 32.2. The number of aliphatic carboxylic acids is 1. The molecule has 0 saturated carbocycles. The second-order valence-electron chi connectivity index (χ2n) is 3.66. The summed E-state index contributed by atoms with van der Waals surface area (Å²) < 4.78 is 0. The lowest BCUT2D eigenvalue weighted by molar-refractivity contribution is -0.138. The van der Waals surface area contributed by atoms with E-state index in [1.54, 1.807) is 11.8 Å². The van der Waals surface area contributed by atoms with Gasteiger partial charge in [-0.3, -0.25) is 4.79 Å². The van der Waals surface area contributed by atoms with Gasteiger partial charge in [0.25, 0.3) is 0 Å². The van der Waals surface area contributed by atoms with Gasteiger partial charge in [0.05, 0.1) is 0 Å². The summed E-state index contributed by atoms with van der Waals surface area (Å²) in [6.07, 6.45) is 0.511. The number of hydrogen-bond donors (Lipinski definition) is 2. The standard InChI is InChI=1S/C12H17NO2S/c1-9(10-5-3-2-4-6-10)16-8-7-11(13)12(14)15/h2-6,9,11H,7-8,13H2,1H3,(H,14,15). The highest BCUT2D eigenvalue weighted by Crippen LogP contribution is 2.28. The summed E-state index contributed by atoms with van der Waals surface area (Å²) in [6, 6.07) is 9.42. The molecule has 0 saturated heterocycles. The van der Waals surface area contributed by atoms with E-state index in [1.807, 2.05) is 18.2 Å². The van der Waals surface area contributed by atoms with Crippen LogP contribution in [0.25, 0.3) is 0 Å². The number of carboxylic acid groups (broad SMARTS) is 1. The van der Waals surface area contributed by atoms with E-state index in [4.69, 9.17) is 10.8 Å². The molecular weight excluding hydrogens is 222 g/mol. The molecule has 2 atom stereocenters. The first-order chi connectivity index (χ1) is 7.61. The normalized spacial score (nSPS) is 14.4. The zero-order chi connectivity index (χ0) is 12.0. The van der Waals surface area contributed by atoms with Crippen LogP contribution in [0, 0.1) is 0 Å². The SMILES string of the molecule is CC(SCCC(N)C(=O)O)c1ccccc1. The Bertz CT molecular complexity index is 329. The maximum atomic E-state index is 10.5. The van der Waals surface area contributed by atoms with Gasteiger partial charge in [-0.1, -0.05) is 30.3 Å². The van der Waals surface area contributed by atoms with E-state index in [9.17, 15) is 4.79 Å². The van der Waals surface area contributed by atoms with Crippen molar-refractivity contribution in [2.24, 2.45) is 5.73 Å². The van der Waals surface area contributed by atoms with Gasteiger partial charge in [-0.15, -0.1) is 0 Å². The predicted octanol–water partition coefficient (Wildman–Crippen LogP) is 2.28. The largest absolute Gasteiger partial charge is 0.480 e. The van der Waals surface area contributed by atoms with E-state index in [-0.39, 0.29) is 0 Å². The minimum atomic E-state index is -0.923. The van der Waals surface area contributed by atoms with Gasteiger partial charge in [-0.05, 0) is 24.7 Å². The Hall–Kier alpha value is -1.00. The fourth-order valence-electron chi connectivity index (χ4n) is 1.32. The molecule has 0 aromatic heterocycles. The van der Waals surface area contributed by atoms with E-state index >= 15 is 0 Å². The van der Waals surface area contributed by atoms with Gasteiger partial charge in [-0.25, -0.2) is 0 Å². The van der Waals surface area contributed by atoms with Crippen LogP contribution >= 0.6 is 11.8 Å². The molecule has 0 fully saturated rings. The van der Waals surface area contributed by atoms with Crippen LogP contribution in [0.2, 0.25) is 0 Å². The Morgan fingerprint density at radius 2 is 2.06 bits per heavy atom. The summed E-state index contributed by atoms with van der Waals surface area (Å²) in [5, 5.41) is 9.01. The first kappa shape index (κ1) is 13.1. The average Bonchev–Trinajstić information content (AvgIpc) is 2.29. The van der Waals surface area contributed by atoms with Crippen molar-refractivity contribution in [1.82, 2.24) is 0 Å². The smallest absolute Gasteiger partial charge is 0.320 e. The summed E-state index contributed by atoms with van der Waals surface area (Å²) in [5.74, 6) is -0.156. The van der Waals surface area contributed by atoms with Crippen molar-refractivity contribution in [2.45, 2.75) is 24.6 Å². The van der Waals surface area contributed by atoms with Crippen LogP contribution in [0.5, 0.6) is 0 Å². The molecule has 0 aliphatic carbocycles. The maximum absolute atomic E-state index is 10.5. The molecule has 0 heterocycles. The molecule has 0 bridgehead atoms. The van der Waals surface area contributed by atoms with Gasteiger partial charge in [0.1, 0.15) is 6.04 Å². The minimum absolute atomic E-state index is 0.377. The molecule has 0 radical (unpaired) electrons. The molecule has 4 heteroatoms. The summed E-state index contributed by atoms with van der Waals surface area (Å²) in [5.41, 5.74) is 6.69. The van der Waals surface area contributed by atoms with Crippen molar-refractivity contribution < 1.29 is 9.90 Å². The van der Waals surface area contributed by atoms with Gasteiger partial charge in [0.2, 0.25) is 0 Å². The molecule has 0 spiro atoms. The highest BCUT2D eigenvalue weighted by Gasteiger charge is 2.12. The Morgan fingerprint density at radius 3 is 2.62 bits per heavy atom. The van der Waals surface area contributed by atoms with E-state index < -0.39 is 12.0 Å². The second-order valence-corrected chi connectivity index (χ2v) is 5.11. The molecule has 1 aromatic rings. The van der Waals surface area contributed by atoms with E-state index in [2.05, 4.69) is 19.1 Å². The van der Waals surface area contributed by atoms with Crippen molar-refractivity contribution in [3.8, 4) is 0 Å². The summed E-state index contributed by atoms with van der Waals surface area (Å²) >= 11 is 1.73. The van der Waals surface area contributed by atoms with Gasteiger partial charge in [0.15, 0.2) is 0 Å². The molecule has 0 aliphatic heterocycles. The third-order valence-corrected chi connectivity index (χ3v) is 3.63. The molecule has 3 nitrogen and oxygen atoms in total. The van der Waals surface area contributed by atoms with Crippen LogP contribution in [-0.4, -0.2) is 22.9 Å². The van der Waals surface area contributed by atoms with Crippen LogP contribution in [0.4, 0.5) is 0 Å². The molecule has 0 amide bonds. The Kier molecular flexibility index (Phi) is 5.35. The molecule has 3 N–H and O–H groups in total. The second kappa shape index (κ2) is 6.55. The summed E-state index contributed by atoms with van der Waals surface area (Å²) in [4.78, 5) is 10.5. The van der Waals surface area contributed by atoms with Crippen LogP contribution in [0.15, 0.2) is 30.3 Å². The van der Waals surface area contributed by atoms with E-state index in [1.165, 1.54) is 5.56 Å². The zero-order valence-electron chi connectivity index (χ0n) is 9.30. The monoisotopic (exact) mass is 239 g/mol. The lowest BCUT2D eigenvalue weighted by Gasteiger charge is -2.12. The van der Waals surface area contributed by atoms with Gasteiger partial charge in [0, 0.05) is 5.25 Å². The fraction of sp³-hybridized carbons (Fsp3) is 0.417. The Balaban J connectivity index is 2.31. The quantitative estimate of drug-likeness (QED) is 0.799. The topological polar surface area (TPSA) is 63.3 Å². The number of carboxylic acids is 1. The van der Waals surface area contributed by atoms with Crippen molar-refractivity contribution in [1.29, 1.82) is 0 Å². The Morgan fingerprint density at radius 1 is 1.44 bits per heavy atom. The number of thioether (sulfide) groups is 1. The van der Waals surface area contributed by atoms with E-state index in [0.29, 0.717) is 11.7 Å². The lowest BCUT2D eigenvalue weighted by atomic mass is 10.2. The van der Waals surface area contributed by atoms with Crippen molar-refractivity contribution >= 4 is 17.7 Å². The van der Waals surface area contributed by atoms with Gasteiger partial charge in [-0.2, -0.15) is 11.8 Å². The van der Waals surface area contributed by atoms with Crippen molar-refractivity contribution in [3.63, 3.8) is 0 Å². The molecule has 88 valence electrons. The zero-order valence-corrected chi connectivity index (χ0v) is 10.1.